The van der Waals surface area contributed by atoms with E-state index in [-0.39, 0.29) is 11.3 Å². The summed E-state index contributed by atoms with van der Waals surface area (Å²) < 4.78 is 42.4. The van der Waals surface area contributed by atoms with Gasteiger partial charge >= 0.3 is 0 Å². The third-order valence-corrected chi connectivity index (χ3v) is 3.48. The molecule has 2 aromatic rings. The van der Waals surface area contributed by atoms with E-state index in [0.29, 0.717) is 16.9 Å². The molecule has 122 valence electrons. The Morgan fingerprint density at radius 3 is 2.61 bits per heavy atom. The van der Waals surface area contributed by atoms with Crippen LogP contribution in [0.1, 0.15) is 10.4 Å². The van der Waals surface area contributed by atoms with Crippen molar-refractivity contribution in [3.8, 4) is 16.9 Å². The predicted octanol–water partition coefficient (Wildman–Crippen LogP) is 1.17. The highest BCUT2D eigenvalue weighted by atomic mass is 32.2. The van der Waals surface area contributed by atoms with Crippen molar-refractivity contribution in [1.29, 1.82) is 0 Å². The van der Waals surface area contributed by atoms with Gasteiger partial charge in [0.2, 0.25) is 16.0 Å². The second-order valence-corrected chi connectivity index (χ2v) is 6.47. The molecule has 2 rings (SSSR count). The SMILES string of the molecule is COc1cc(C(=O)NS(C)(=O)=O)ccc1-c1cnc(F)c(N)c1. The number of anilines is 1. The van der Waals surface area contributed by atoms with Gasteiger partial charge in [0.1, 0.15) is 5.75 Å². The highest BCUT2D eigenvalue weighted by molar-refractivity contribution is 7.89. The van der Waals surface area contributed by atoms with Gasteiger partial charge < -0.3 is 10.5 Å². The van der Waals surface area contributed by atoms with Crippen molar-refractivity contribution >= 4 is 21.6 Å². The van der Waals surface area contributed by atoms with Gasteiger partial charge in [0.15, 0.2) is 0 Å². The van der Waals surface area contributed by atoms with Gasteiger partial charge in [-0.3, -0.25) is 4.79 Å². The van der Waals surface area contributed by atoms with E-state index >= 15 is 0 Å². The Hall–Kier alpha value is -2.68. The van der Waals surface area contributed by atoms with Crippen molar-refractivity contribution < 1.29 is 22.3 Å². The zero-order valence-corrected chi connectivity index (χ0v) is 13.1. The molecule has 1 heterocycles. The molecular weight excluding hydrogens is 325 g/mol. The minimum atomic E-state index is -3.67. The standard InChI is InChI=1S/C14H14FN3O4S/c1-22-12-6-8(14(19)18-23(2,20)21)3-4-10(12)9-5-11(16)13(15)17-7-9/h3-7H,16H2,1-2H3,(H,18,19). The van der Waals surface area contributed by atoms with Gasteiger partial charge in [-0.2, -0.15) is 4.39 Å². The first-order valence-corrected chi connectivity index (χ1v) is 8.22. The van der Waals surface area contributed by atoms with Crippen molar-refractivity contribution in [2.45, 2.75) is 0 Å². The van der Waals surface area contributed by atoms with E-state index in [4.69, 9.17) is 10.5 Å². The Balaban J connectivity index is 2.44. The van der Waals surface area contributed by atoms with Crippen molar-refractivity contribution in [3.05, 3.63) is 42.0 Å². The van der Waals surface area contributed by atoms with Crippen LogP contribution in [0.5, 0.6) is 5.75 Å². The fraction of sp³-hybridized carbons (Fsp3) is 0.143. The third kappa shape index (κ3) is 3.95. The van der Waals surface area contributed by atoms with Crippen LogP contribution in [-0.2, 0) is 10.0 Å². The number of benzene rings is 1. The van der Waals surface area contributed by atoms with E-state index in [1.54, 1.807) is 0 Å². The lowest BCUT2D eigenvalue weighted by atomic mass is 10.0. The molecule has 0 radical (unpaired) electrons. The maximum absolute atomic E-state index is 13.1. The molecule has 1 aromatic carbocycles. The normalized spacial score (nSPS) is 11.1. The molecule has 1 amide bonds. The number of nitrogen functional groups attached to an aromatic ring is 1. The van der Waals surface area contributed by atoms with E-state index in [2.05, 4.69) is 4.98 Å². The Morgan fingerprint density at radius 2 is 2.04 bits per heavy atom. The number of hydrogen-bond donors (Lipinski definition) is 2. The minimum Gasteiger partial charge on any atom is -0.496 e. The fourth-order valence-corrected chi connectivity index (χ4v) is 2.37. The number of methoxy groups -OCH3 is 1. The van der Waals surface area contributed by atoms with Crippen LogP contribution < -0.4 is 15.2 Å². The van der Waals surface area contributed by atoms with Crippen LogP contribution in [0, 0.1) is 5.95 Å². The Kier molecular flexibility index (Phi) is 4.50. The molecule has 0 fully saturated rings. The van der Waals surface area contributed by atoms with Crippen LogP contribution in [0.3, 0.4) is 0 Å². The number of carbonyl (C=O) groups excluding carboxylic acids is 1. The monoisotopic (exact) mass is 339 g/mol. The van der Waals surface area contributed by atoms with Gasteiger partial charge in [0.25, 0.3) is 5.91 Å². The van der Waals surface area contributed by atoms with Crippen LogP contribution in [0.2, 0.25) is 0 Å². The number of hydrogen-bond acceptors (Lipinski definition) is 6. The van der Waals surface area contributed by atoms with Crippen LogP contribution in [0.25, 0.3) is 11.1 Å². The number of rotatable bonds is 4. The molecule has 0 saturated heterocycles. The van der Waals surface area contributed by atoms with E-state index in [9.17, 15) is 17.6 Å². The highest BCUT2D eigenvalue weighted by Crippen LogP contribution is 2.31. The number of nitrogens with zero attached hydrogens (tertiary/aromatic N) is 1. The van der Waals surface area contributed by atoms with Crippen molar-refractivity contribution in [3.63, 3.8) is 0 Å². The van der Waals surface area contributed by atoms with Gasteiger partial charge in [-0.25, -0.2) is 18.1 Å². The number of halogens is 1. The lowest BCUT2D eigenvalue weighted by Crippen LogP contribution is -2.29. The number of sulfonamides is 1. The molecule has 1 aromatic heterocycles. The van der Waals surface area contributed by atoms with E-state index < -0.39 is 21.9 Å². The van der Waals surface area contributed by atoms with E-state index in [1.165, 1.54) is 37.6 Å². The van der Waals surface area contributed by atoms with Crippen molar-refractivity contribution in [2.75, 3.05) is 19.1 Å². The van der Waals surface area contributed by atoms with Crippen LogP contribution in [-0.4, -0.2) is 32.7 Å². The largest absolute Gasteiger partial charge is 0.496 e. The first kappa shape index (κ1) is 16.7. The number of pyridine rings is 1. The molecule has 0 unspecified atom stereocenters. The Bertz CT molecular complexity index is 868. The lowest BCUT2D eigenvalue weighted by molar-refractivity contribution is 0.0981. The summed E-state index contributed by atoms with van der Waals surface area (Å²) in [6.07, 6.45) is 2.16. The average molecular weight is 339 g/mol. The summed E-state index contributed by atoms with van der Waals surface area (Å²) in [5.41, 5.74) is 6.49. The van der Waals surface area contributed by atoms with E-state index in [1.807, 2.05) is 4.72 Å². The van der Waals surface area contributed by atoms with Crippen LogP contribution in [0.4, 0.5) is 10.1 Å². The first-order valence-electron chi connectivity index (χ1n) is 6.33. The predicted molar refractivity (Wildman–Crippen MR) is 82.9 cm³/mol. The second kappa shape index (κ2) is 6.21. The molecular formula is C14H14FN3O4S. The van der Waals surface area contributed by atoms with Crippen LogP contribution in [0.15, 0.2) is 30.5 Å². The van der Waals surface area contributed by atoms with E-state index in [0.717, 1.165) is 6.26 Å². The summed E-state index contributed by atoms with van der Waals surface area (Å²) in [7, 11) is -2.29. The molecule has 0 aliphatic heterocycles. The molecule has 23 heavy (non-hydrogen) atoms. The molecule has 3 N–H and O–H groups in total. The second-order valence-electron chi connectivity index (χ2n) is 4.72. The molecule has 0 aliphatic rings. The van der Waals surface area contributed by atoms with Gasteiger partial charge in [-0.1, -0.05) is 0 Å². The first-order chi connectivity index (χ1) is 10.7. The van der Waals surface area contributed by atoms with Gasteiger partial charge in [0.05, 0.1) is 19.1 Å². The van der Waals surface area contributed by atoms with Gasteiger partial charge in [-0.05, 0) is 24.3 Å². The molecule has 0 aliphatic carbocycles. The molecule has 0 atom stereocenters. The average Bonchev–Trinajstić information content (AvgIpc) is 2.47. The molecule has 0 saturated carbocycles. The smallest absolute Gasteiger partial charge is 0.264 e. The van der Waals surface area contributed by atoms with Gasteiger partial charge in [-0.15, -0.1) is 0 Å². The number of nitrogens with two attached hydrogens (primary N) is 1. The van der Waals surface area contributed by atoms with Gasteiger partial charge in [0, 0.05) is 22.9 Å². The summed E-state index contributed by atoms with van der Waals surface area (Å²) in [6.45, 7) is 0. The maximum Gasteiger partial charge on any atom is 0.264 e. The number of carbonyl (C=O) groups is 1. The summed E-state index contributed by atoms with van der Waals surface area (Å²) >= 11 is 0. The Labute approximate surface area is 132 Å². The lowest BCUT2D eigenvalue weighted by Gasteiger charge is -2.11. The van der Waals surface area contributed by atoms with Crippen molar-refractivity contribution in [1.82, 2.24) is 9.71 Å². The number of nitrogens with one attached hydrogen (secondary N) is 1. The quantitative estimate of drug-likeness (QED) is 0.809. The number of amides is 1. The third-order valence-electron chi connectivity index (χ3n) is 2.92. The zero-order valence-electron chi connectivity index (χ0n) is 12.3. The summed E-state index contributed by atoms with van der Waals surface area (Å²) in [6, 6.07) is 5.70. The summed E-state index contributed by atoms with van der Waals surface area (Å²) in [4.78, 5) is 15.4. The molecule has 0 bridgehead atoms. The Morgan fingerprint density at radius 1 is 1.35 bits per heavy atom. The summed E-state index contributed by atoms with van der Waals surface area (Å²) in [5, 5.41) is 0. The van der Waals surface area contributed by atoms with Crippen LogP contribution >= 0.6 is 0 Å². The zero-order chi connectivity index (χ0) is 17.2. The summed E-state index contributed by atoms with van der Waals surface area (Å²) in [5.74, 6) is -1.27. The maximum atomic E-state index is 13.1. The highest BCUT2D eigenvalue weighted by Gasteiger charge is 2.15. The minimum absolute atomic E-state index is 0.0964. The topological polar surface area (TPSA) is 111 Å². The molecule has 7 nitrogen and oxygen atoms in total. The number of aromatic nitrogens is 1. The van der Waals surface area contributed by atoms with Crippen molar-refractivity contribution in [2.24, 2.45) is 0 Å². The number of ether oxygens (including phenoxy) is 1. The molecule has 0 spiro atoms. The molecule has 9 heteroatoms. The fourth-order valence-electron chi connectivity index (χ4n) is 1.91.